The molecule has 84 valence electrons. The molecule has 0 amide bonds. The lowest BCUT2D eigenvalue weighted by molar-refractivity contribution is 0.561. The predicted molar refractivity (Wildman–Crippen MR) is 67.3 cm³/mol. The van der Waals surface area contributed by atoms with Crippen LogP contribution in [0, 0.1) is 6.92 Å². The van der Waals surface area contributed by atoms with E-state index in [1.54, 1.807) is 0 Å². The van der Waals surface area contributed by atoms with E-state index in [1.807, 2.05) is 6.92 Å². The van der Waals surface area contributed by atoms with Gasteiger partial charge in [-0.1, -0.05) is 20.8 Å². The van der Waals surface area contributed by atoms with E-state index in [9.17, 15) is 0 Å². The van der Waals surface area contributed by atoms with E-state index in [0.717, 1.165) is 28.4 Å². The first kappa shape index (κ1) is 12.4. The van der Waals surface area contributed by atoms with E-state index in [-0.39, 0.29) is 5.41 Å². The average molecular weight is 272 g/mol. The topological polar surface area (TPSA) is 37.8 Å². The van der Waals surface area contributed by atoms with Crippen molar-refractivity contribution in [3.8, 4) is 0 Å². The monoisotopic (exact) mass is 271 g/mol. The molecule has 0 bridgehead atoms. The summed E-state index contributed by atoms with van der Waals surface area (Å²) in [4.78, 5) is 8.86. The van der Waals surface area contributed by atoms with Gasteiger partial charge >= 0.3 is 0 Å². The van der Waals surface area contributed by atoms with Gasteiger partial charge in [0.15, 0.2) is 0 Å². The van der Waals surface area contributed by atoms with Crippen molar-refractivity contribution in [1.82, 2.24) is 9.97 Å². The van der Waals surface area contributed by atoms with Crippen LogP contribution in [-0.4, -0.2) is 16.5 Å². The third-order valence-corrected chi connectivity index (χ3v) is 2.77. The second-order valence-electron chi connectivity index (χ2n) is 4.56. The Hall–Kier alpha value is -0.640. The summed E-state index contributed by atoms with van der Waals surface area (Å²) in [6, 6.07) is 0. The number of anilines is 1. The maximum absolute atomic E-state index is 4.49. The molecule has 3 nitrogen and oxygen atoms in total. The second-order valence-corrected chi connectivity index (χ2v) is 5.36. The van der Waals surface area contributed by atoms with E-state index in [4.69, 9.17) is 0 Å². The van der Waals surface area contributed by atoms with Gasteiger partial charge < -0.3 is 5.32 Å². The van der Waals surface area contributed by atoms with Gasteiger partial charge in [0.05, 0.1) is 10.2 Å². The van der Waals surface area contributed by atoms with Crippen LogP contribution in [0.15, 0.2) is 4.47 Å². The van der Waals surface area contributed by atoms with Gasteiger partial charge in [0, 0.05) is 12.0 Å². The minimum absolute atomic E-state index is 0.0245. The van der Waals surface area contributed by atoms with E-state index < -0.39 is 0 Å². The standard InChI is InChI=1S/C11H18BrN3/c1-6-13-10-8(12)9(11(3,4)5)14-7(2)15-10/h6H2,1-5H3,(H,13,14,15). The fourth-order valence-electron chi connectivity index (χ4n) is 1.34. The largest absolute Gasteiger partial charge is 0.369 e. The normalized spacial score (nSPS) is 11.6. The number of halogens is 1. The van der Waals surface area contributed by atoms with Crippen LogP contribution in [-0.2, 0) is 5.41 Å². The highest BCUT2D eigenvalue weighted by Gasteiger charge is 2.22. The maximum atomic E-state index is 4.49. The minimum atomic E-state index is 0.0245. The Balaban J connectivity index is 3.28. The van der Waals surface area contributed by atoms with Crippen LogP contribution in [0.5, 0.6) is 0 Å². The lowest BCUT2D eigenvalue weighted by Gasteiger charge is -2.21. The van der Waals surface area contributed by atoms with Crippen molar-refractivity contribution in [1.29, 1.82) is 0 Å². The van der Waals surface area contributed by atoms with Crippen LogP contribution < -0.4 is 5.32 Å². The molecule has 0 fully saturated rings. The van der Waals surface area contributed by atoms with Crippen molar-refractivity contribution in [2.45, 2.75) is 40.0 Å². The first-order chi connectivity index (χ1) is 6.86. The molecule has 1 rings (SSSR count). The summed E-state index contributed by atoms with van der Waals surface area (Å²) in [5, 5.41) is 3.23. The Morgan fingerprint density at radius 2 is 1.87 bits per heavy atom. The van der Waals surface area contributed by atoms with Gasteiger partial charge in [0.25, 0.3) is 0 Å². The zero-order valence-corrected chi connectivity index (χ0v) is 11.6. The number of hydrogen-bond acceptors (Lipinski definition) is 3. The quantitative estimate of drug-likeness (QED) is 0.897. The van der Waals surface area contributed by atoms with Gasteiger partial charge in [-0.3, -0.25) is 0 Å². The summed E-state index contributed by atoms with van der Waals surface area (Å²) in [6.45, 7) is 11.3. The highest BCUT2D eigenvalue weighted by Crippen LogP contribution is 2.32. The lowest BCUT2D eigenvalue weighted by Crippen LogP contribution is -2.17. The van der Waals surface area contributed by atoms with Gasteiger partial charge in [-0.25, -0.2) is 9.97 Å². The highest BCUT2D eigenvalue weighted by atomic mass is 79.9. The molecule has 0 saturated heterocycles. The number of aryl methyl sites for hydroxylation is 1. The summed E-state index contributed by atoms with van der Waals surface area (Å²) in [5.41, 5.74) is 1.07. The third-order valence-electron chi connectivity index (χ3n) is 2.02. The molecule has 0 aromatic carbocycles. The number of aromatic nitrogens is 2. The number of nitrogens with zero attached hydrogens (tertiary/aromatic N) is 2. The van der Waals surface area contributed by atoms with Crippen molar-refractivity contribution in [3.05, 3.63) is 16.0 Å². The predicted octanol–water partition coefficient (Wildman–Crippen LogP) is 3.28. The molecule has 0 aliphatic rings. The van der Waals surface area contributed by atoms with Crippen LogP contribution >= 0.6 is 15.9 Å². The summed E-state index contributed by atoms with van der Waals surface area (Å²) in [5.74, 6) is 1.69. The molecule has 0 radical (unpaired) electrons. The van der Waals surface area contributed by atoms with Crippen molar-refractivity contribution in [3.63, 3.8) is 0 Å². The van der Waals surface area contributed by atoms with E-state index in [1.165, 1.54) is 0 Å². The average Bonchev–Trinajstić information content (AvgIpc) is 2.09. The van der Waals surface area contributed by atoms with Gasteiger partial charge in [0.2, 0.25) is 0 Å². The van der Waals surface area contributed by atoms with Crippen molar-refractivity contribution >= 4 is 21.7 Å². The fourth-order valence-corrected chi connectivity index (χ4v) is 2.25. The number of nitrogens with one attached hydrogen (secondary N) is 1. The Bertz CT molecular complexity index is 356. The molecule has 1 heterocycles. The van der Waals surface area contributed by atoms with Crippen LogP contribution in [0.4, 0.5) is 5.82 Å². The Kier molecular flexibility index (Phi) is 3.71. The molecule has 0 atom stereocenters. The molecule has 1 aromatic rings. The van der Waals surface area contributed by atoms with Crippen molar-refractivity contribution < 1.29 is 0 Å². The summed E-state index contributed by atoms with van der Waals surface area (Å²) in [7, 11) is 0. The molecule has 0 spiro atoms. The van der Waals surface area contributed by atoms with Gasteiger partial charge in [-0.05, 0) is 29.8 Å². The minimum Gasteiger partial charge on any atom is -0.369 e. The van der Waals surface area contributed by atoms with E-state index in [2.05, 4.69) is 58.9 Å². The third kappa shape index (κ3) is 2.91. The zero-order valence-electron chi connectivity index (χ0n) is 9.98. The van der Waals surface area contributed by atoms with Gasteiger partial charge in [-0.2, -0.15) is 0 Å². The summed E-state index contributed by atoms with van der Waals surface area (Å²) in [6.07, 6.45) is 0. The molecular formula is C11H18BrN3. The molecule has 0 aliphatic carbocycles. The molecule has 4 heteroatoms. The lowest BCUT2D eigenvalue weighted by atomic mass is 9.92. The van der Waals surface area contributed by atoms with Crippen LogP contribution in [0.2, 0.25) is 0 Å². The van der Waals surface area contributed by atoms with E-state index in [0.29, 0.717) is 0 Å². The first-order valence-electron chi connectivity index (χ1n) is 5.14. The first-order valence-corrected chi connectivity index (χ1v) is 5.94. The van der Waals surface area contributed by atoms with Crippen molar-refractivity contribution in [2.24, 2.45) is 0 Å². The van der Waals surface area contributed by atoms with Gasteiger partial charge in [0.1, 0.15) is 11.6 Å². The number of hydrogen-bond donors (Lipinski definition) is 1. The molecule has 15 heavy (non-hydrogen) atoms. The summed E-state index contributed by atoms with van der Waals surface area (Å²) < 4.78 is 0.974. The fraction of sp³-hybridized carbons (Fsp3) is 0.636. The smallest absolute Gasteiger partial charge is 0.144 e. The highest BCUT2D eigenvalue weighted by molar-refractivity contribution is 9.10. The Labute approximate surface area is 99.8 Å². The van der Waals surface area contributed by atoms with Crippen molar-refractivity contribution in [2.75, 3.05) is 11.9 Å². The maximum Gasteiger partial charge on any atom is 0.144 e. The van der Waals surface area contributed by atoms with Gasteiger partial charge in [-0.15, -0.1) is 0 Å². The molecule has 1 N–H and O–H groups in total. The van der Waals surface area contributed by atoms with Crippen LogP contribution in [0.1, 0.15) is 39.2 Å². The molecule has 0 saturated carbocycles. The van der Waals surface area contributed by atoms with Crippen LogP contribution in [0.25, 0.3) is 0 Å². The second kappa shape index (κ2) is 4.47. The van der Waals surface area contributed by atoms with Crippen LogP contribution in [0.3, 0.4) is 0 Å². The summed E-state index contributed by atoms with van der Waals surface area (Å²) >= 11 is 3.56. The Morgan fingerprint density at radius 1 is 1.27 bits per heavy atom. The molecule has 1 aromatic heterocycles. The molecular weight excluding hydrogens is 254 g/mol. The SMILES string of the molecule is CCNc1nc(C)nc(C(C)(C)C)c1Br. The molecule has 0 aliphatic heterocycles. The van der Waals surface area contributed by atoms with E-state index >= 15 is 0 Å². The zero-order chi connectivity index (χ0) is 11.6. The number of rotatable bonds is 2. The molecule has 0 unspecified atom stereocenters. The Morgan fingerprint density at radius 3 is 2.33 bits per heavy atom.